The molecular formula is C36H43ClFN5O6S. The molecule has 0 bridgehead atoms. The van der Waals surface area contributed by atoms with Crippen LogP contribution in [0.3, 0.4) is 0 Å². The zero-order chi connectivity index (χ0) is 35.8. The van der Waals surface area contributed by atoms with E-state index in [0.29, 0.717) is 48.3 Å². The van der Waals surface area contributed by atoms with Crippen molar-refractivity contribution in [2.75, 3.05) is 57.3 Å². The molecule has 3 aliphatic heterocycles. The van der Waals surface area contributed by atoms with Crippen LogP contribution in [-0.4, -0.2) is 105 Å². The van der Waals surface area contributed by atoms with Gasteiger partial charge in [-0.3, -0.25) is 14.5 Å². The summed E-state index contributed by atoms with van der Waals surface area (Å²) >= 11 is 6.25. The number of hydrogen-bond acceptors (Lipinski definition) is 9. The van der Waals surface area contributed by atoms with Gasteiger partial charge in [-0.25, -0.2) is 22.1 Å². The number of halogens is 2. The second-order valence-corrected chi connectivity index (χ2v) is 15.4. The number of rotatable bonds is 10. The van der Waals surface area contributed by atoms with Gasteiger partial charge in [-0.15, -0.1) is 0 Å². The van der Waals surface area contributed by atoms with Gasteiger partial charge < -0.3 is 19.3 Å². The first-order valence-electron chi connectivity index (χ1n) is 17.0. The molecule has 0 saturated carbocycles. The highest BCUT2D eigenvalue weighted by Gasteiger charge is 2.59. The molecule has 0 N–H and O–H groups in total. The van der Waals surface area contributed by atoms with Gasteiger partial charge in [0.2, 0.25) is 11.8 Å². The number of benzene rings is 2. The molecule has 3 aromatic rings. The molecule has 0 aliphatic carbocycles. The predicted octanol–water partition coefficient (Wildman–Crippen LogP) is 4.71. The van der Waals surface area contributed by atoms with Gasteiger partial charge in [0, 0.05) is 62.0 Å². The van der Waals surface area contributed by atoms with Crippen LogP contribution in [0.4, 0.5) is 10.1 Å². The van der Waals surface area contributed by atoms with Gasteiger partial charge in [-0.2, -0.15) is 0 Å². The molecule has 4 heterocycles. The van der Waals surface area contributed by atoms with Crippen molar-refractivity contribution < 1.29 is 31.9 Å². The van der Waals surface area contributed by atoms with E-state index in [1.165, 1.54) is 37.6 Å². The Balaban J connectivity index is 1.38. The summed E-state index contributed by atoms with van der Waals surface area (Å²) in [5.41, 5.74) is -2.00. The predicted molar refractivity (Wildman–Crippen MR) is 188 cm³/mol. The summed E-state index contributed by atoms with van der Waals surface area (Å²) in [6.07, 6.45) is 3.12. The highest BCUT2D eigenvalue weighted by atomic mass is 35.5. The minimum Gasteiger partial charge on any atom is -0.497 e. The summed E-state index contributed by atoms with van der Waals surface area (Å²) in [7, 11) is -3.15. The number of fused-ring (bicyclic) bond motifs is 1. The van der Waals surface area contributed by atoms with Gasteiger partial charge in [0.25, 0.3) is 15.9 Å². The maximum Gasteiger partial charge on any atom is 0.270 e. The molecule has 2 saturated heterocycles. The number of nitrogens with zero attached hydrogens (tertiary/aromatic N) is 5. The Morgan fingerprint density at radius 2 is 1.72 bits per heavy atom. The maximum atomic E-state index is 15.4. The van der Waals surface area contributed by atoms with Crippen molar-refractivity contribution in [3.8, 4) is 11.6 Å². The largest absolute Gasteiger partial charge is 0.497 e. The minimum atomic E-state index is -4.60. The maximum absolute atomic E-state index is 15.4. The second-order valence-electron chi connectivity index (χ2n) is 13.2. The third kappa shape index (κ3) is 6.44. The summed E-state index contributed by atoms with van der Waals surface area (Å²) in [6, 6.07) is 11.8. The van der Waals surface area contributed by atoms with Gasteiger partial charge in [-0.05, 0) is 89.2 Å². The highest BCUT2D eigenvalue weighted by molar-refractivity contribution is 7.93. The average Bonchev–Trinajstić information content (AvgIpc) is 3.35. The topological polar surface area (TPSA) is 113 Å². The summed E-state index contributed by atoms with van der Waals surface area (Å²) in [5.74, 6) is -1.73. The fraction of sp³-hybridized carbons (Fsp3) is 0.472. The van der Waals surface area contributed by atoms with Crippen LogP contribution in [0, 0.1) is 5.82 Å². The molecule has 11 nitrogen and oxygen atoms in total. The van der Waals surface area contributed by atoms with E-state index < -0.39 is 33.6 Å². The molecule has 50 heavy (non-hydrogen) atoms. The third-order valence-electron chi connectivity index (χ3n) is 10.2. The van der Waals surface area contributed by atoms with Crippen LogP contribution in [0.5, 0.6) is 11.6 Å². The molecule has 1 atom stereocenters. The van der Waals surface area contributed by atoms with Crippen LogP contribution in [0.2, 0.25) is 5.02 Å². The van der Waals surface area contributed by atoms with Gasteiger partial charge in [0.05, 0.1) is 29.3 Å². The summed E-state index contributed by atoms with van der Waals surface area (Å²) in [4.78, 5) is 40.2. The van der Waals surface area contributed by atoms with E-state index in [-0.39, 0.29) is 45.1 Å². The first-order chi connectivity index (χ1) is 23.9. The quantitative estimate of drug-likeness (QED) is 0.293. The molecular weight excluding hydrogens is 685 g/mol. The number of piperazine rings is 1. The first-order valence-corrected chi connectivity index (χ1v) is 18.8. The SMILES string of the molecule is CCOc1ncccc1C1(CC(=O)N2CCN(C3CCN(C(C)C)CC3)CC2)C(=O)N(S(=O)(=O)c2ccc(OC)cc2)c2cc(Cl)c(F)cc21. The first kappa shape index (κ1) is 36.0. The normalized spacial score (nSPS) is 20.7. The molecule has 6 rings (SSSR count). The zero-order valence-corrected chi connectivity index (χ0v) is 30.3. The molecule has 2 fully saturated rings. The number of anilines is 1. The van der Waals surface area contributed by atoms with E-state index in [1.54, 1.807) is 24.0 Å². The molecule has 268 valence electrons. The van der Waals surface area contributed by atoms with Crippen molar-refractivity contribution in [2.45, 2.75) is 62.4 Å². The molecule has 2 amide bonds. The van der Waals surface area contributed by atoms with Crippen molar-refractivity contribution in [1.82, 2.24) is 19.7 Å². The third-order valence-corrected chi connectivity index (χ3v) is 12.2. The molecule has 0 radical (unpaired) electrons. The Morgan fingerprint density at radius 3 is 2.34 bits per heavy atom. The average molecular weight is 728 g/mol. The van der Waals surface area contributed by atoms with Crippen LogP contribution in [-0.2, 0) is 25.0 Å². The van der Waals surface area contributed by atoms with Crippen molar-refractivity contribution in [2.24, 2.45) is 0 Å². The summed E-state index contributed by atoms with van der Waals surface area (Å²) in [5, 5.41) is -0.375. The highest BCUT2D eigenvalue weighted by Crippen LogP contribution is 2.53. The van der Waals surface area contributed by atoms with E-state index >= 15 is 9.18 Å². The molecule has 3 aliphatic rings. The summed E-state index contributed by atoms with van der Waals surface area (Å²) < 4.78 is 55.8. The van der Waals surface area contributed by atoms with Gasteiger partial charge in [0.15, 0.2) is 0 Å². The van der Waals surface area contributed by atoms with E-state index in [0.717, 1.165) is 38.1 Å². The number of hydrogen-bond donors (Lipinski definition) is 0. The number of ether oxygens (including phenoxy) is 2. The lowest BCUT2D eigenvalue weighted by atomic mass is 9.72. The molecule has 14 heteroatoms. The number of piperidine rings is 1. The van der Waals surface area contributed by atoms with Gasteiger partial charge in [-0.1, -0.05) is 17.7 Å². The Labute approximate surface area is 298 Å². The van der Waals surface area contributed by atoms with E-state index in [2.05, 4.69) is 28.6 Å². The summed E-state index contributed by atoms with van der Waals surface area (Å²) in [6.45, 7) is 10.6. The smallest absolute Gasteiger partial charge is 0.270 e. The van der Waals surface area contributed by atoms with Crippen molar-refractivity contribution in [1.29, 1.82) is 0 Å². The van der Waals surface area contributed by atoms with Crippen molar-refractivity contribution >= 4 is 39.1 Å². The number of carbonyl (C=O) groups is 2. The van der Waals surface area contributed by atoms with Crippen LogP contribution < -0.4 is 13.8 Å². The van der Waals surface area contributed by atoms with E-state index in [4.69, 9.17) is 21.1 Å². The van der Waals surface area contributed by atoms with Crippen molar-refractivity contribution in [3.05, 3.63) is 76.7 Å². The van der Waals surface area contributed by atoms with E-state index in [9.17, 15) is 13.2 Å². The van der Waals surface area contributed by atoms with Gasteiger partial charge in [0.1, 0.15) is 17.0 Å². The van der Waals surface area contributed by atoms with Crippen LogP contribution in [0.1, 0.15) is 51.2 Å². The standard InChI is InChI=1S/C36H43ClFN5O6S/c1-5-49-34-28(7-6-14-39-34)36(23-33(44)42-19-17-41(18-20-42)25-12-15-40(16-13-25)24(2)3)29-21-31(38)30(37)22-32(29)43(35(36)45)50(46,47)27-10-8-26(48-4)9-11-27/h6-11,14,21-22,24-25H,5,12-13,15-20,23H2,1-4H3. The number of amides is 2. The Kier molecular flexibility index (Phi) is 10.4. The number of carbonyl (C=O) groups excluding carboxylic acids is 2. The fourth-order valence-corrected chi connectivity index (χ4v) is 9.10. The van der Waals surface area contributed by atoms with Gasteiger partial charge >= 0.3 is 0 Å². The Bertz CT molecular complexity index is 1850. The molecule has 2 aromatic carbocycles. The van der Waals surface area contributed by atoms with E-state index in [1.807, 2.05) is 0 Å². The minimum absolute atomic E-state index is 0.0145. The van der Waals surface area contributed by atoms with Crippen LogP contribution in [0.15, 0.2) is 59.6 Å². The lowest BCUT2D eigenvalue weighted by Gasteiger charge is -2.44. The Morgan fingerprint density at radius 1 is 1.04 bits per heavy atom. The molecule has 1 aromatic heterocycles. The van der Waals surface area contributed by atoms with Crippen LogP contribution >= 0.6 is 11.6 Å². The number of methoxy groups -OCH3 is 1. The number of pyridine rings is 1. The number of aromatic nitrogens is 1. The lowest BCUT2D eigenvalue weighted by molar-refractivity contribution is -0.137. The number of sulfonamides is 1. The Hall–Kier alpha value is -3.78. The number of likely N-dealkylation sites (tertiary alicyclic amines) is 1. The second kappa shape index (κ2) is 14.5. The fourth-order valence-electron chi connectivity index (χ4n) is 7.47. The molecule has 1 unspecified atom stereocenters. The molecule has 0 spiro atoms. The zero-order valence-electron chi connectivity index (χ0n) is 28.8. The monoisotopic (exact) mass is 727 g/mol. The lowest BCUT2D eigenvalue weighted by Crippen LogP contribution is -2.55. The van der Waals surface area contributed by atoms with Crippen molar-refractivity contribution in [3.63, 3.8) is 0 Å². The van der Waals surface area contributed by atoms with Crippen LogP contribution in [0.25, 0.3) is 0 Å².